The minimum atomic E-state index is 0.363. The molecule has 1 aliphatic rings. The zero-order valence-corrected chi connectivity index (χ0v) is 7.10. The van der Waals surface area contributed by atoms with E-state index in [1.165, 1.54) is 0 Å². The number of nitrogens with zero attached hydrogens (tertiary/aromatic N) is 1. The molecule has 6 heavy (non-hydrogen) atoms. The summed E-state index contributed by atoms with van der Waals surface area (Å²) in [5.41, 5.74) is 0. The predicted octanol–water partition coefficient (Wildman–Crippen LogP) is -1.06. The van der Waals surface area contributed by atoms with Gasteiger partial charge in [0.1, 0.15) is 0 Å². The Kier molecular flexibility index (Phi) is 1.44. The Bertz CT molecular complexity index is 42.1. The van der Waals surface area contributed by atoms with E-state index in [2.05, 4.69) is 11.3 Å². The third-order valence-electron chi connectivity index (χ3n) is 1.33. The Hall–Kier alpha value is 0.394. The summed E-state index contributed by atoms with van der Waals surface area (Å²) in [6.07, 6.45) is 0. The highest BCUT2D eigenvalue weighted by atomic mass is 28.3. The van der Waals surface area contributed by atoms with Crippen LogP contribution in [0.15, 0.2) is 0 Å². The molecule has 0 aromatic heterocycles. The number of hydrogen-bond acceptors (Lipinski definition) is 1. The van der Waals surface area contributed by atoms with Gasteiger partial charge >= 0.3 is 0 Å². The molecular formula is C3H11NSi2. The van der Waals surface area contributed by atoms with Crippen molar-refractivity contribution in [3.05, 3.63) is 0 Å². The fourth-order valence-corrected chi connectivity index (χ4v) is 5.98. The van der Waals surface area contributed by atoms with Crippen LogP contribution in [0.4, 0.5) is 0 Å². The normalized spacial score (nSPS) is 33.5. The van der Waals surface area contributed by atoms with Crippen molar-refractivity contribution in [2.75, 3.05) is 7.05 Å². The zero-order chi connectivity index (χ0) is 4.41. The highest BCUT2D eigenvalue weighted by Gasteiger charge is 2.05. The fraction of sp³-hybridized carbons (Fsp3) is 1.00. The molecule has 0 spiro atoms. The van der Waals surface area contributed by atoms with Crippen LogP contribution in [0.5, 0.6) is 0 Å². The second-order valence-electron chi connectivity index (χ2n) is 2.01. The van der Waals surface area contributed by atoms with Gasteiger partial charge in [-0.15, -0.1) is 0 Å². The fourth-order valence-electron chi connectivity index (χ4n) is 0.875. The molecule has 1 nitrogen and oxygen atoms in total. The Balaban J connectivity index is 2.18. The molecule has 0 amide bonds. The van der Waals surface area contributed by atoms with E-state index in [4.69, 9.17) is 0 Å². The van der Waals surface area contributed by atoms with Crippen LogP contribution < -0.4 is 0 Å². The molecule has 0 atom stereocenters. The van der Waals surface area contributed by atoms with Gasteiger partial charge in [-0.1, -0.05) is 12.1 Å². The van der Waals surface area contributed by atoms with E-state index in [9.17, 15) is 0 Å². The quantitative estimate of drug-likeness (QED) is 0.365. The average Bonchev–Trinajstić information content (AvgIpc) is 1.86. The van der Waals surface area contributed by atoms with Crippen molar-refractivity contribution in [1.29, 1.82) is 0 Å². The van der Waals surface area contributed by atoms with Gasteiger partial charge < -0.3 is 4.23 Å². The van der Waals surface area contributed by atoms with Crippen LogP contribution in [0.25, 0.3) is 0 Å². The molecule has 36 valence electrons. The topological polar surface area (TPSA) is 3.24 Å². The van der Waals surface area contributed by atoms with E-state index in [0.29, 0.717) is 19.4 Å². The van der Waals surface area contributed by atoms with Gasteiger partial charge in [-0.3, -0.25) is 0 Å². The summed E-state index contributed by atoms with van der Waals surface area (Å²) < 4.78 is 2.64. The molecule has 0 radical (unpaired) electrons. The molecule has 0 bridgehead atoms. The smallest absolute Gasteiger partial charge is 0.0866 e. The van der Waals surface area contributed by atoms with Crippen LogP contribution in [-0.4, -0.2) is 30.6 Å². The van der Waals surface area contributed by atoms with Crippen molar-refractivity contribution < 1.29 is 0 Å². The van der Waals surface area contributed by atoms with Crippen LogP contribution in [0.2, 0.25) is 12.1 Å². The van der Waals surface area contributed by atoms with Gasteiger partial charge in [-0.25, -0.2) is 0 Å². The van der Waals surface area contributed by atoms with Crippen LogP contribution in [0.3, 0.4) is 0 Å². The first-order chi connectivity index (χ1) is 2.89. The van der Waals surface area contributed by atoms with Crippen molar-refractivity contribution >= 4 is 19.4 Å². The maximum atomic E-state index is 2.64. The number of rotatable bonds is 0. The van der Waals surface area contributed by atoms with Crippen molar-refractivity contribution in [2.24, 2.45) is 0 Å². The predicted molar refractivity (Wildman–Crippen MR) is 34.5 cm³/mol. The Morgan fingerprint density at radius 1 is 1.33 bits per heavy atom. The molecule has 1 rings (SSSR count). The van der Waals surface area contributed by atoms with E-state index in [0.717, 1.165) is 0 Å². The molecule has 3 heteroatoms. The minimum Gasteiger partial charge on any atom is -0.358 e. The summed E-state index contributed by atoms with van der Waals surface area (Å²) in [4.78, 5) is 0. The van der Waals surface area contributed by atoms with Gasteiger partial charge in [0.05, 0.1) is 19.4 Å². The lowest BCUT2D eigenvalue weighted by Crippen LogP contribution is -2.17. The molecular weight excluding hydrogens is 106 g/mol. The molecule has 0 aliphatic carbocycles. The van der Waals surface area contributed by atoms with Crippen molar-refractivity contribution in [3.8, 4) is 0 Å². The maximum absolute atomic E-state index is 2.64. The molecule has 1 saturated heterocycles. The van der Waals surface area contributed by atoms with E-state index in [1.807, 2.05) is 0 Å². The van der Waals surface area contributed by atoms with E-state index in [1.54, 1.807) is 12.1 Å². The van der Waals surface area contributed by atoms with E-state index in [-0.39, 0.29) is 0 Å². The first-order valence-corrected chi connectivity index (χ1v) is 5.84. The Morgan fingerprint density at radius 3 is 2.00 bits per heavy atom. The highest BCUT2D eigenvalue weighted by molar-refractivity contribution is 6.55. The molecule has 0 aromatic carbocycles. The summed E-state index contributed by atoms with van der Waals surface area (Å²) in [7, 11) is 3.02. The molecule has 0 unspecified atom stereocenters. The van der Waals surface area contributed by atoms with Gasteiger partial charge in [0.25, 0.3) is 0 Å². The third-order valence-corrected chi connectivity index (χ3v) is 7.39. The second kappa shape index (κ2) is 1.90. The van der Waals surface area contributed by atoms with Crippen LogP contribution in [-0.2, 0) is 0 Å². The highest BCUT2D eigenvalue weighted by Crippen LogP contribution is 1.99. The maximum Gasteiger partial charge on any atom is 0.0866 e. The van der Waals surface area contributed by atoms with E-state index >= 15 is 0 Å². The Morgan fingerprint density at radius 2 is 1.83 bits per heavy atom. The van der Waals surface area contributed by atoms with Gasteiger partial charge in [0, 0.05) is 0 Å². The largest absolute Gasteiger partial charge is 0.358 e. The molecule has 0 saturated carbocycles. The third kappa shape index (κ3) is 0.926. The van der Waals surface area contributed by atoms with Gasteiger partial charge in [0.2, 0.25) is 0 Å². The lowest BCUT2D eigenvalue weighted by atomic mass is 11.0. The van der Waals surface area contributed by atoms with Crippen molar-refractivity contribution in [3.63, 3.8) is 0 Å². The monoisotopic (exact) mass is 117 g/mol. The first-order valence-electron chi connectivity index (χ1n) is 2.58. The lowest BCUT2D eigenvalue weighted by Gasteiger charge is -2.00. The number of hydrogen-bond donors (Lipinski definition) is 0. The summed E-state index contributed by atoms with van der Waals surface area (Å²) in [5.74, 6) is 0. The second-order valence-corrected chi connectivity index (χ2v) is 7.37. The molecule has 1 fully saturated rings. The first kappa shape index (κ1) is 4.55. The Labute approximate surface area is 43.5 Å². The molecule has 1 heterocycles. The molecule has 1 aliphatic heterocycles. The van der Waals surface area contributed by atoms with E-state index < -0.39 is 0 Å². The van der Waals surface area contributed by atoms with Crippen molar-refractivity contribution in [1.82, 2.24) is 4.23 Å². The SMILES string of the molecule is CN1[SiH2]CC[SiH2]1. The minimum absolute atomic E-state index is 0.363. The summed E-state index contributed by atoms with van der Waals surface area (Å²) in [6, 6.07) is 3.23. The zero-order valence-electron chi connectivity index (χ0n) is 4.28. The van der Waals surface area contributed by atoms with Gasteiger partial charge in [-0.2, -0.15) is 0 Å². The summed E-state index contributed by atoms with van der Waals surface area (Å²) >= 11 is 0. The molecule has 0 aromatic rings. The average molecular weight is 117 g/mol. The summed E-state index contributed by atoms with van der Waals surface area (Å²) in [6.45, 7) is 0. The van der Waals surface area contributed by atoms with Crippen molar-refractivity contribution in [2.45, 2.75) is 12.1 Å². The molecule has 0 N–H and O–H groups in total. The lowest BCUT2D eigenvalue weighted by molar-refractivity contribution is 0.868. The van der Waals surface area contributed by atoms with Crippen LogP contribution in [0, 0.1) is 0 Å². The van der Waals surface area contributed by atoms with Gasteiger partial charge in [0.15, 0.2) is 0 Å². The van der Waals surface area contributed by atoms with Crippen LogP contribution >= 0.6 is 0 Å². The standard InChI is InChI=1S/C3H11NSi2/c1-4-5-2-3-6-4/h2-3,5-6H2,1H3. The summed E-state index contributed by atoms with van der Waals surface area (Å²) in [5, 5.41) is 0. The van der Waals surface area contributed by atoms with Crippen LogP contribution in [0.1, 0.15) is 0 Å². The van der Waals surface area contributed by atoms with Gasteiger partial charge in [-0.05, 0) is 7.05 Å².